The Morgan fingerprint density at radius 1 is 1.38 bits per heavy atom. The number of nitrogens with one attached hydrogen (secondary N) is 2. The molecule has 0 atom stereocenters. The van der Waals surface area contributed by atoms with E-state index in [0.717, 1.165) is 25.3 Å². The Balaban J connectivity index is 2.04. The number of nitrogens with two attached hydrogens (primary N) is 1. The van der Waals surface area contributed by atoms with Gasteiger partial charge < -0.3 is 21.3 Å². The quantitative estimate of drug-likeness (QED) is 0.739. The van der Waals surface area contributed by atoms with E-state index in [-0.39, 0.29) is 11.3 Å². The van der Waals surface area contributed by atoms with E-state index in [0.29, 0.717) is 11.3 Å². The average molecular weight is 290 g/mol. The van der Waals surface area contributed by atoms with Crippen molar-refractivity contribution in [3.63, 3.8) is 0 Å². The highest BCUT2D eigenvalue weighted by atomic mass is 16.1. The zero-order valence-electron chi connectivity index (χ0n) is 13.2. The number of rotatable bonds is 4. The van der Waals surface area contributed by atoms with Crippen molar-refractivity contribution in [3.8, 4) is 0 Å². The van der Waals surface area contributed by atoms with E-state index in [1.807, 2.05) is 6.07 Å². The summed E-state index contributed by atoms with van der Waals surface area (Å²) in [7, 11) is 3.79. The molecule has 21 heavy (non-hydrogen) atoms. The van der Waals surface area contributed by atoms with Gasteiger partial charge in [0.15, 0.2) is 0 Å². The zero-order valence-corrected chi connectivity index (χ0v) is 13.2. The fourth-order valence-corrected chi connectivity index (χ4v) is 2.64. The van der Waals surface area contributed by atoms with E-state index in [4.69, 9.17) is 5.73 Å². The van der Waals surface area contributed by atoms with Gasteiger partial charge in [0.1, 0.15) is 0 Å². The van der Waals surface area contributed by atoms with Gasteiger partial charge in [-0.1, -0.05) is 6.92 Å². The van der Waals surface area contributed by atoms with Gasteiger partial charge in [-0.3, -0.25) is 4.79 Å². The number of nitrogen functional groups attached to an aromatic ring is 1. The number of benzene rings is 1. The van der Waals surface area contributed by atoms with Crippen molar-refractivity contribution in [3.05, 3.63) is 23.8 Å². The summed E-state index contributed by atoms with van der Waals surface area (Å²) in [5.74, 6) is -0.0939. The molecule has 5 heteroatoms. The van der Waals surface area contributed by atoms with Crippen molar-refractivity contribution in [2.75, 3.05) is 44.8 Å². The lowest BCUT2D eigenvalue weighted by Crippen LogP contribution is -2.40. The number of anilines is 2. The van der Waals surface area contributed by atoms with Crippen LogP contribution in [-0.4, -0.2) is 44.5 Å². The molecule has 1 aromatic carbocycles. The summed E-state index contributed by atoms with van der Waals surface area (Å²) in [5.41, 5.74) is 8.44. The van der Waals surface area contributed by atoms with Gasteiger partial charge in [-0.15, -0.1) is 0 Å². The predicted octanol–water partition coefficient (Wildman–Crippen LogP) is 1.77. The fourth-order valence-electron chi connectivity index (χ4n) is 2.64. The van der Waals surface area contributed by atoms with E-state index in [9.17, 15) is 4.79 Å². The van der Waals surface area contributed by atoms with Crippen molar-refractivity contribution in [1.82, 2.24) is 10.2 Å². The summed E-state index contributed by atoms with van der Waals surface area (Å²) in [6.45, 7) is 5.45. The molecule has 1 amide bonds. The second-order valence-corrected chi connectivity index (χ2v) is 6.35. The van der Waals surface area contributed by atoms with Gasteiger partial charge in [0, 0.05) is 19.2 Å². The lowest BCUT2D eigenvalue weighted by molar-refractivity contribution is 0.0963. The molecule has 1 aliphatic heterocycles. The largest absolute Gasteiger partial charge is 0.397 e. The second kappa shape index (κ2) is 6.35. The van der Waals surface area contributed by atoms with Crippen molar-refractivity contribution in [2.24, 2.45) is 5.41 Å². The van der Waals surface area contributed by atoms with Gasteiger partial charge in [-0.05, 0) is 56.6 Å². The lowest BCUT2D eigenvalue weighted by atomic mass is 9.80. The summed E-state index contributed by atoms with van der Waals surface area (Å²) >= 11 is 0. The van der Waals surface area contributed by atoms with Crippen LogP contribution >= 0.6 is 0 Å². The molecule has 4 N–H and O–H groups in total. The van der Waals surface area contributed by atoms with Gasteiger partial charge in [0.05, 0.1) is 11.4 Å². The molecule has 0 radical (unpaired) electrons. The van der Waals surface area contributed by atoms with Crippen molar-refractivity contribution >= 4 is 17.3 Å². The molecule has 1 heterocycles. The first-order chi connectivity index (χ1) is 9.93. The number of carbonyl (C=O) groups is 1. The Bertz CT molecular complexity index is 507. The minimum Gasteiger partial charge on any atom is -0.397 e. The predicted molar refractivity (Wildman–Crippen MR) is 87.6 cm³/mol. The summed E-state index contributed by atoms with van der Waals surface area (Å²) in [6, 6.07) is 5.35. The van der Waals surface area contributed by atoms with Crippen LogP contribution in [0.25, 0.3) is 0 Å². The highest BCUT2D eigenvalue weighted by Gasteiger charge is 2.28. The fraction of sp³-hybridized carbons (Fsp3) is 0.562. The first kappa shape index (κ1) is 15.6. The van der Waals surface area contributed by atoms with E-state index in [1.54, 1.807) is 19.2 Å². The number of hydrogen-bond acceptors (Lipinski definition) is 4. The van der Waals surface area contributed by atoms with Crippen LogP contribution in [0.1, 0.15) is 30.1 Å². The summed E-state index contributed by atoms with van der Waals surface area (Å²) in [5, 5.41) is 6.07. The molecule has 0 spiro atoms. The van der Waals surface area contributed by atoms with Crippen LogP contribution < -0.4 is 16.4 Å². The maximum Gasteiger partial charge on any atom is 0.251 e. The SMILES string of the molecule is CNC(=O)c1ccc(N)c(NCC2(C)CCN(C)CC2)c1. The molecule has 0 aromatic heterocycles. The molecule has 1 aliphatic rings. The minimum atomic E-state index is -0.0939. The monoisotopic (exact) mass is 290 g/mol. The standard InChI is InChI=1S/C16H26N4O/c1-16(6-8-20(3)9-7-16)11-19-14-10-12(15(21)18-2)4-5-13(14)17/h4-5,10,19H,6-9,11,17H2,1-3H3,(H,18,21). The number of hydrogen-bond donors (Lipinski definition) is 3. The zero-order chi connectivity index (χ0) is 15.5. The molecular formula is C16H26N4O. The molecule has 0 aliphatic carbocycles. The summed E-state index contributed by atoms with van der Waals surface area (Å²) in [4.78, 5) is 14.1. The Kier molecular flexibility index (Phi) is 4.73. The Morgan fingerprint density at radius 3 is 2.67 bits per heavy atom. The molecule has 1 aromatic rings. The van der Waals surface area contributed by atoms with Gasteiger partial charge in [0.2, 0.25) is 0 Å². The Morgan fingerprint density at radius 2 is 2.05 bits per heavy atom. The summed E-state index contributed by atoms with van der Waals surface area (Å²) in [6.07, 6.45) is 2.34. The second-order valence-electron chi connectivity index (χ2n) is 6.35. The van der Waals surface area contributed by atoms with E-state index in [2.05, 4.69) is 29.5 Å². The molecule has 116 valence electrons. The highest BCUT2D eigenvalue weighted by molar-refractivity contribution is 5.96. The van der Waals surface area contributed by atoms with Crippen molar-refractivity contribution < 1.29 is 4.79 Å². The minimum absolute atomic E-state index is 0.0939. The molecule has 0 unspecified atom stereocenters. The molecule has 2 rings (SSSR count). The Hall–Kier alpha value is -1.75. The van der Waals surface area contributed by atoms with Crippen LogP contribution in [-0.2, 0) is 0 Å². The van der Waals surface area contributed by atoms with Crippen LogP contribution in [0.4, 0.5) is 11.4 Å². The first-order valence-electron chi connectivity index (χ1n) is 7.47. The lowest BCUT2D eigenvalue weighted by Gasteiger charge is -2.38. The van der Waals surface area contributed by atoms with Gasteiger partial charge in [0.25, 0.3) is 5.91 Å². The van der Waals surface area contributed by atoms with Crippen LogP contribution in [0.5, 0.6) is 0 Å². The van der Waals surface area contributed by atoms with Gasteiger partial charge in [-0.25, -0.2) is 0 Å². The van der Waals surface area contributed by atoms with E-state index < -0.39 is 0 Å². The number of amides is 1. The van der Waals surface area contributed by atoms with Crippen LogP contribution in [0.15, 0.2) is 18.2 Å². The third-order valence-corrected chi connectivity index (χ3v) is 4.44. The number of likely N-dealkylation sites (tertiary alicyclic amines) is 1. The number of carbonyl (C=O) groups excluding carboxylic acids is 1. The van der Waals surface area contributed by atoms with Crippen LogP contribution in [0, 0.1) is 5.41 Å². The third kappa shape index (κ3) is 3.88. The molecule has 0 bridgehead atoms. The molecule has 1 fully saturated rings. The van der Waals surface area contributed by atoms with Crippen LogP contribution in [0.2, 0.25) is 0 Å². The van der Waals surface area contributed by atoms with Crippen LogP contribution in [0.3, 0.4) is 0 Å². The van der Waals surface area contributed by atoms with Gasteiger partial charge in [-0.2, -0.15) is 0 Å². The molecule has 5 nitrogen and oxygen atoms in total. The number of nitrogens with zero attached hydrogens (tertiary/aromatic N) is 1. The van der Waals surface area contributed by atoms with Crippen molar-refractivity contribution in [1.29, 1.82) is 0 Å². The molecule has 0 saturated carbocycles. The van der Waals surface area contributed by atoms with E-state index >= 15 is 0 Å². The van der Waals surface area contributed by atoms with E-state index in [1.165, 1.54) is 12.8 Å². The maximum atomic E-state index is 11.7. The topological polar surface area (TPSA) is 70.4 Å². The molecule has 1 saturated heterocycles. The number of piperidine rings is 1. The molecular weight excluding hydrogens is 264 g/mol. The van der Waals surface area contributed by atoms with Crippen molar-refractivity contribution in [2.45, 2.75) is 19.8 Å². The third-order valence-electron chi connectivity index (χ3n) is 4.44. The summed E-state index contributed by atoms with van der Waals surface area (Å²) < 4.78 is 0. The smallest absolute Gasteiger partial charge is 0.251 e. The average Bonchev–Trinajstić information content (AvgIpc) is 2.49. The Labute approximate surface area is 126 Å². The maximum absolute atomic E-state index is 11.7. The first-order valence-corrected chi connectivity index (χ1v) is 7.47. The normalized spacial score (nSPS) is 18.2. The highest BCUT2D eigenvalue weighted by Crippen LogP contribution is 2.31. The van der Waals surface area contributed by atoms with Gasteiger partial charge >= 0.3 is 0 Å².